The fourth-order valence-corrected chi connectivity index (χ4v) is 1.97. The van der Waals surface area contributed by atoms with E-state index in [1.807, 2.05) is 13.0 Å². The lowest BCUT2D eigenvalue weighted by Crippen LogP contribution is -2.24. The zero-order chi connectivity index (χ0) is 13.2. The molecule has 6 heteroatoms. The van der Waals surface area contributed by atoms with Crippen LogP contribution in [-0.4, -0.2) is 21.3 Å². The van der Waals surface area contributed by atoms with Gasteiger partial charge in [0.2, 0.25) is 5.91 Å². The number of aromatic nitrogens is 3. The lowest BCUT2D eigenvalue weighted by atomic mass is 10.2. The summed E-state index contributed by atoms with van der Waals surface area (Å²) in [6.07, 6.45) is 2.66. The predicted octanol–water partition coefficient (Wildman–Crippen LogP) is 1.44. The number of nitrogens with zero attached hydrogens (tertiary/aromatic N) is 2. The SMILES string of the molecule is Cc1cc(CC(=O)NCc2cc(C3CC3)n[nH]2)on1. The van der Waals surface area contributed by atoms with Gasteiger partial charge in [-0.1, -0.05) is 5.16 Å². The van der Waals surface area contributed by atoms with E-state index in [4.69, 9.17) is 4.52 Å². The Bertz CT molecular complexity index is 583. The molecule has 0 saturated heterocycles. The van der Waals surface area contributed by atoms with Crippen molar-refractivity contribution in [2.75, 3.05) is 0 Å². The lowest BCUT2D eigenvalue weighted by Gasteiger charge is -2.00. The van der Waals surface area contributed by atoms with Crippen LogP contribution in [-0.2, 0) is 17.8 Å². The van der Waals surface area contributed by atoms with Gasteiger partial charge in [0.1, 0.15) is 5.76 Å². The van der Waals surface area contributed by atoms with E-state index in [1.165, 1.54) is 12.8 Å². The van der Waals surface area contributed by atoms with E-state index in [-0.39, 0.29) is 12.3 Å². The van der Waals surface area contributed by atoms with Crippen LogP contribution in [0.25, 0.3) is 0 Å². The number of carbonyl (C=O) groups is 1. The second kappa shape index (κ2) is 4.87. The fourth-order valence-electron chi connectivity index (χ4n) is 1.97. The van der Waals surface area contributed by atoms with Gasteiger partial charge in [0.25, 0.3) is 0 Å². The minimum Gasteiger partial charge on any atom is -0.361 e. The summed E-state index contributed by atoms with van der Waals surface area (Å²) in [7, 11) is 0. The van der Waals surface area contributed by atoms with Gasteiger partial charge in [0.05, 0.1) is 30.0 Å². The van der Waals surface area contributed by atoms with Gasteiger partial charge in [0.15, 0.2) is 0 Å². The number of amides is 1. The summed E-state index contributed by atoms with van der Waals surface area (Å²) < 4.78 is 5.00. The Balaban J connectivity index is 1.49. The standard InChI is InChI=1S/C13H16N4O2/c1-8-4-11(19-17-8)6-13(18)14-7-10-5-12(16-15-10)9-2-3-9/h4-5,9H,2-3,6-7H2,1H3,(H,14,18)(H,15,16). The van der Waals surface area contributed by atoms with Crippen LogP contribution in [0.4, 0.5) is 0 Å². The molecule has 2 N–H and O–H groups in total. The van der Waals surface area contributed by atoms with Gasteiger partial charge in [0, 0.05) is 12.0 Å². The van der Waals surface area contributed by atoms with E-state index < -0.39 is 0 Å². The van der Waals surface area contributed by atoms with Gasteiger partial charge in [-0.3, -0.25) is 9.89 Å². The van der Waals surface area contributed by atoms with E-state index in [0.29, 0.717) is 18.2 Å². The summed E-state index contributed by atoms with van der Waals surface area (Å²) in [6.45, 7) is 2.29. The topological polar surface area (TPSA) is 83.8 Å². The molecule has 1 aliphatic rings. The molecule has 2 aromatic heterocycles. The first-order chi connectivity index (χ1) is 9.20. The van der Waals surface area contributed by atoms with Crippen molar-refractivity contribution in [1.29, 1.82) is 0 Å². The molecule has 19 heavy (non-hydrogen) atoms. The maximum Gasteiger partial charge on any atom is 0.228 e. The first-order valence-electron chi connectivity index (χ1n) is 6.44. The van der Waals surface area contributed by atoms with Crippen LogP contribution in [0.3, 0.4) is 0 Å². The molecule has 1 amide bonds. The molecule has 0 aromatic carbocycles. The Morgan fingerprint density at radius 2 is 2.37 bits per heavy atom. The minimum absolute atomic E-state index is 0.0845. The van der Waals surface area contributed by atoms with Crippen molar-refractivity contribution in [3.8, 4) is 0 Å². The monoisotopic (exact) mass is 260 g/mol. The molecule has 0 unspecified atom stereocenters. The molecule has 1 fully saturated rings. The molecule has 0 spiro atoms. The van der Waals surface area contributed by atoms with Crippen LogP contribution in [0.5, 0.6) is 0 Å². The predicted molar refractivity (Wildman–Crippen MR) is 67.4 cm³/mol. The van der Waals surface area contributed by atoms with Crippen LogP contribution < -0.4 is 5.32 Å². The van der Waals surface area contributed by atoms with Gasteiger partial charge in [-0.25, -0.2) is 0 Å². The number of nitrogens with one attached hydrogen (secondary N) is 2. The van der Waals surface area contributed by atoms with E-state index >= 15 is 0 Å². The zero-order valence-electron chi connectivity index (χ0n) is 10.8. The van der Waals surface area contributed by atoms with Crippen LogP contribution in [0.1, 0.15) is 41.6 Å². The van der Waals surface area contributed by atoms with E-state index in [9.17, 15) is 4.79 Å². The third kappa shape index (κ3) is 3.01. The molecule has 6 nitrogen and oxygen atoms in total. The van der Waals surface area contributed by atoms with Crippen molar-refractivity contribution in [3.63, 3.8) is 0 Å². The van der Waals surface area contributed by atoms with Gasteiger partial charge >= 0.3 is 0 Å². The summed E-state index contributed by atoms with van der Waals surface area (Å²) in [5, 5.41) is 13.8. The van der Waals surface area contributed by atoms with Crippen molar-refractivity contribution in [2.45, 2.75) is 38.6 Å². The minimum atomic E-state index is -0.0845. The molecule has 0 bridgehead atoms. The van der Waals surface area contributed by atoms with Crippen LogP contribution >= 0.6 is 0 Å². The molecule has 1 aliphatic carbocycles. The fraction of sp³-hybridized carbons (Fsp3) is 0.462. The Hall–Kier alpha value is -2.11. The summed E-state index contributed by atoms with van der Waals surface area (Å²) in [5.74, 6) is 1.12. The number of aromatic amines is 1. The highest BCUT2D eigenvalue weighted by atomic mass is 16.5. The highest BCUT2D eigenvalue weighted by molar-refractivity contribution is 5.77. The smallest absolute Gasteiger partial charge is 0.228 e. The maximum atomic E-state index is 11.7. The third-order valence-electron chi connectivity index (χ3n) is 3.13. The molecule has 100 valence electrons. The number of H-pyrrole nitrogens is 1. The van der Waals surface area contributed by atoms with Crippen LogP contribution in [0.2, 0.25) is 0 Å². The number of rotatable bonds is 5. The van der Waals surface area contributed by atoms with Crippen molar-refractivity contribution >= 4 is 5.91 Å². The van der Waals surface area contributed by atoms with E-state index in [1.54, 1.807) is 6.07 Å². The van der Waals surface area contributed by atoms with Gasteiger partial charge in [-0.05, 0) is 25.8 Å². The average molecular weight is 260 g/mol. The molecule has 2 heterocycles. The molecule has 0 radical (unpaired) electrons. The van der Waals surface area contributed by atoms with E-state index in [2.05, 4.69) is 20.7 Å². The lowest BCUT2D eigenvalue weighted by molar-refractivity contribution is -0.120. The average Bonchev–Trinajstić information content (AvgIpc) is 2.99. The Kier molecular flexibility index (Phi) is 3.06. The van der Waals surface area contributed by atoms with Crippen LogP contribution in [0, 0.1) is 6.92 Å². The summed E-state index contributed by atoms with van der Waals surface area (Å²) in [6, 6.07) is 3.79. The molecule has 3 rings (SSSR count). The molecule has 1 saturated carbocycles. The van der Waals surface area contributed by atoms with Gasteiger partial charge in [-0.15, -0.1) is 0 Å². The van der Waals surface area contributed by atoms with Gasteiger partial charge in [-0.2, -0.15) is 5.10 Å². The summed E-state index contributed by atoms with van der Waals surface area (Å²) >= 11 is 0. The summed E-state index contributed by atoms with van der Waals surface area (Å²) in [4.78, 5) is 11.7. The number of aryl methyl sites for hydroxylation is 1. The first-order valence-corrected chi connectivity index (χ1v) is 6.44. The first kappa shape index (κ1) is 12.0. The van der Waals surface area contributed by atoms with Crippen molar-refractivity contribution in [3.05, 3.63) is 35.0 Å². The third-order valence-corrected chi connectivity index (χ3v) is 3.13. The normalized spacial score (nSPS) is 14.6. The highest BCUT2D eigenvalue weighted by Gasteiger charge is 2.26. The number of hydrogen-bond acceptors (Lipinski definition) is 4. The molecule has 0 aliphatic heterocycles. The van der Waals surface area contributed by atoms with Crippen molar-refractivity contribution in [1.82, 2.24) is 20.7 Å². The Morgan fingerprint density at radius 3 is 3.05 bits per heavy atom. The quantitative estimate of drug-likeness (QED) is 0.852. The molecular formula is C13H16N4O2. The zero-order valence-corrected chi connectivity index (χ0v) is 10.8. The molecule has 2 aromatic rings. The second-order valence-corrected chi connectivity index (χ2v) is 4.98. The van der Waals surface area contributed by atoms with Gasteiger partial charge < -0.3 is 9.84 Å². The highest BCUT2D eigenvalue weighted by Crippen LogP contribution is 2.38. The molecule has 0 atom stereocenters. The number of carbonyl (C=O) groups excluding carboxylic acids is 1. The van der Waals surface area contributed by atoms with Crippen molar-refractivity contribution < 1.29 is 9.32 Å². The second-order valence-electron chi connectivity index (χ2n) is 4.98. The molecular weight excluding hydrogens is 244 g/mol. The van der Waals surface area contributed by atoms with Crippen molar-refractivity contribution in [2.24, 2.45) is 0 Å². The summed E-state index contributed by atoms with van der Waals surface area (Å²) in [5.41, 5.74) is 2.82. The number of hydrogen-bond donors (Lipinski definition) is 2. The van der Waals surface area contributed by atoms with Crippen LogP contribution in [0.15, 0.2) is 16.7 Å². The van der Waals surface area contributed by atoms with E-state index in [0.717, 1.165) is 17.1 Å². The maximum absolute atomic E-state index is 11.7. The largest absolute Gasteiger partial charge is 0.361 e. The Morgan fingerprint density at radius 1 is 1.53 bits per heavy atom. The Labute approximate surface area is 110 Å².